The minimum atomic E-state index is -0.621. The number of nitrogens with two attached hydrogens (primary N) is 1. The molecule has 0 fully saturated rings. The van der Waals surface area contributed by atoms with Crippen molar-refractivity contribution in [3.05, 3.63) is 24.0 Å². The van der Waals surface area contributed by atoms with Crippen molar-refractivity contribution in [3.63, 3.8) is 0 Å². The summed E-state index contributed by atoms with van der Waals surface area (Å²) in [4.78, 5) is 14.3. The second kappa shape index (κ2) is 3.56. The first-order valence-corrected chi connectivity index (χ1v) is 3.42. The number of hydrogen-bond acceptors (Lipinski definition) is 3. The molecule has 0 aliphatic carbocycles. The van der Waals surface area contributed by atoms with Crippen LogP contribution in [0.15, 0.2) is 18.3 Å². The first kappa shape index (κ1) is 8.32. The number of anilines is 1. The fourth-order valence-corrected chi connectivity index (χ4v) is 0.757. The summed E-state index contributed by atoms with van der Waals surface area (Å²) in [6.07, 6.45) is 1.64. The fourth-order valence-electron chi connectivity index (χ4n) is 0.757. The summed E-state index contributed by atoms with van der Waals surface area (Å²) in [5, 5.41) is 0. The van der Waals surface area contributed by atoms with Crippen LogP contribution in [0.1, 0.15) is 5.69 Å². The van der Waals surface area contributed by atoms with Gasteiger partial charge in [-0.3, -0.25) is 15.8 Å². The number of nitrogens with zero attached hydrogens (tertiary/aromatic N) is 1. The summed E-state index contributed by atoms with van der Waals surface area (Å²) in [5.41, 5.74) is 11.3. The molecule has 0 bridgehead atoms. The molecule has 0 aliphatic heterocycles. The van der Waals surface area contributed by atoms with Gasteiger partial charge in [0.1, 0.15) is 0 Å². The van der Waals surface area contributed by atoms with E-state index in [4.69, 9.17) is 5.73 Å². The van der Waals surface area contributed by atoms with E-state index in [1.807, 2.05) is 6.92 Å². The summed E-state index contributed by atoms with van der Waals surface area (Å²) in [7, 11) is 0. The van der Waals surface area contributed by atoms with Gasteiger partial charge >= 0.3 is 6.03 Å². The first-order chi connectivity index (χ1) is 5.68. The first-order valence-electron chi connectivity index (χ1n) is 3.42. The van der Waals surface area contributed by atoms with Crippen LogP contribution in [-0.2, 0) is 0 Å². The Balaban J connectivity index is 2.57. The van der Waals surface area contributed by atoms with Crippen molar-refractivity contribution in [1.29, 1.82) is 0 Å². The molecule has 5 nitrogen and oxygen atoms in total. The minimum Gasteiger partial charge on any atom is -0.350 e. The molecule has 12 heavy (non-hydrogen) atoms. The maximum atomic E-state index is 10.3. The number of aromatic nitrogens is 1. The molecule has 1 aromatic heterocycles. The van der Waals surface area contributed by atoms with E-state index in [0.29, 0.717) is 0 Å². The van der Waals surface area contributed by atoms with Crippen LogP contribution in [-0.4, -0.2) is 11.0 Å². The molecule has 0 aromatic carbocycles. The molecule has 1 aromatic rings. The van der Waals surface area contributed by atoms with Crippen LogP contribution < -0.4 is 16.6 Å². The average molecular weight is 166 g/mol. The monoisotopic (exact) mass is 166 g/mol. The van der Waals surface area contributed by atoms with E-state index in [-0.39, 0.29) is 0 Å². The van der Waals surface area contributed by atoms with Crippen LogP contribution in [0.5, 0.6) is 0 Å². The minimum absolute atomic E-state index is 0.621. The number of urea groups is 1. The summed E-state index contributed by atoms with van der Waals surface area (Å²) in [5.74, 6) is 0. The number of hydrazine groups is 1. The molecule has 1 rings (SSSR count). The molecule has 0 saturated heterocycles. The van der Waals surface area contributed by atoms with Gasteiger partial charge in [-0.05, 0) is 19.1 Å². The number of nitrogens with one attached hydrogen (secondary N) is 2. The molecule has 0 aliphatic rings. The van der Waals surface area contributed by atoms with E-state index in [1.165, 1.54) is 0 Å². The van der Waals surface area contributed by atoms with Crippen molar-refractivity contribution in [2.75, 3.05) is 5.43 Å². The molecule has 0 unspecified atom stereocenters. The number of pyridine rings is 1. The van der Waals surface area contributed by atoms with E-state index >= 15 is 0 Å². The number of aryl methyl sites for hydroxylation is 1. The van der Waals surface area contributed by atoms with Crippen LogP contribution in [0.2, 0.25) is 0 Å². The molecule has 5 heteroatoms. The SMILES string of the molecule is Cc1cc(NNC(N)=O)ccn1. The van der Waals surface area contributed by atoms with Gasteiger partial charge in [-0.25, -0.2) is 4.79 Å². The smallest absolute Gasteiger partial charge is 0.330 e. The Hall–Kier alpha value is -1.78. The molecule has 4 N–H and O–H groups in total. The van der Waals surface area contributed by atoms with E-state index in [1.54, 1.807) is 18.3 Å². The molecule has 0 saturated carbocycles. The zero-order chi connectivity index (χ0) is 8.97. The van der Waals surface area contributed by atoms with Gasteiger partial charge in [-0.15, -0.1) is 0 Å². The van der Waals surface area contributed by atoms with Crippen molar-refractivity contribution in [2.45, 2.75) is 6.92 Å². The molecule has 64 valence electrons. The molecule has 0 atom stereocenters. The van der Waals surface area contributed by atoms with Crippen LogP contribution in [0.3, 0.4) is 0 Å². The fraction of sp³-hybridized carbons (Fsp3) is 0.143. The Morgan fingerprint density at radius 3 is 3.00 bits per heavy atom. The van der Waals surface area contributed by atoms with Crippen LogP contribution in [0.4, 0.5) is 10.5 Å². The van der Waals surface area contributed by atoms with Crippen LogP contribution in [0, 0.1) is 6.92 Å². The zero-order valence-corrected chi connectivity index (χ0v) is 6.66. The highest BCUT2D eigenvalue weighted by atomic mass is 16.2. The van der Waals surface area contributed by atoms with Crippen molar-refractivity contribution in [2.24, 2.45) is 5.73 Å². The Kier molecular flexibility index (Phi) is 2.47. The number of amides is 2. The predicted octanol–water partition coefficient (Wildman–Crippen LogP) is 0.385. The number of rotatable bonds is 2. The number of primary amides is 1. The van der Waals surface area contributed by atoms with Gasteiger partial charge in [-0.1, -0.05) is 0 Å². The Morgan fingerprint density at radius 2 is 2.42 bits per heavy atom. The van der Waals surface area contributed by atoms with E-state index in [9.17, 15) is 4.79 Å². The molecular formula is C7H10N4O. The second-order valence-electron chi connectivity index (χ2n) is 2.30. The van der Waals surface area contributed by atoms with E-state index in [0.717, 1.165) is 11.4 Å². The number of carbonyl (C=O) groups excluding carboxylic acids is 1. The lowest BCUT2D eigenvalue weighted by Gasteiger charge is -2.05. The van der Waals surface area contributed by atoms with Gasteiger partial charge in [0.05, 0.1) is 5.69 Å². The molecular weight excluding hydrogens is 156 g/mol. The van der Waals surface area contributed by atoms with Gasteiger partial charge in [-0.2, -0.15) is 0 Å². The Labute approximate surface area is 70.0 Å². The van der Waals surface area contributed by atoms with Crippen molar-refractivity contribution < 1.29 is 4.79 Å². The maximum Gasteiger partial charge on any atom is 0.330 e. The van der Waals surface area contributed by atoms with Gasteiger partial charge in [0.25, 0.3) is 0 Å². The lowest BCUT2D eigenvalue weighted by molar-refractivity contribution is 0.250. The Morgan fingerprint density at radius 1 is 1.67 bits per heavy atom. The third-order valence-corrected chi connectivity index (χ3v) is 1.23. The van der Waals surface area contributed by atoms with E-state index < -0.39 is 6.03 Å². The quantitative estimate of drug-likeness (QED) is 0.556. The third-order valence-electron chi connectivity index (χ3n) is 1.23. The molecule has 1 heterocycles. The topological polar surface area (TPSA) is 80.0 Å². The molecule has 2 amide bonds. The normalized spacial score (nSPS) is 9.08. The lowest BCUT2D eigenvalue weighted by Crippen LogP contribution is -2.34. The third kappa shape index (κ3) is 2.45. The van der Waals surface area contributed by atoms with Crippen LogP contribution in [0.25, 0.3) is 0 Å². The average Bonchev–Trinajstić information content (AvgIpc) is 2.01. The summed E-state index contributed by atoms with van der Waals surface area (Å²) in [6.45, 7) is 1.86. The number of carbonyl (C=O) groups is 1. The second-order valence-corrected chi connectivity index (χ2v) is 2.30. The summed E-state index contributed by atoms with van der Waals surface area (Å²) in [6, 6.07) is 2.89. The molecule has 0 spiro atoms. The zero-order valence-electron chi connectivity index (χ0n) is 6.66. The highest BCUT2D eigenvalue weighted by molar-refractivity contribution is 5.73. The number of hydrogen-bond donors (Lipinski definition) is 3. The predicted molar refractivity (Wildman–Crippen MR) is 45.3 cm³/mol. The van der Waals surface area contributed by atoms with Crippen molar-refractivity contribution >= 4 is 11.7 Å². The van der Waals surface area contributed by atoms with Crippen molar-refractivity contribution in [3.8, 4) is 0 Å². The largest absolute Gasteiger partial charge is 0.350 e. The Bertz CT molecular complexity index is 286. The lowest BCUT2D eigenvalue weighted by atomic mass is 10.3. The highest BCUT2D eigenvalue weighted by Gasteiger charge is 1.92. The highest BCUT2D eigenvalue weighted by Crippen LogP contribution is 2.04. The van der Waals surface area contributed by atoms with Gasteiger partial charge in [0, 0.05) is 11.9 Å². The van der Waals surface area contributed by atoms with Gasteiger partial charge < -0.3 is 5.73 Å². The summed E-state index contributed by atoms with van der Waals surface area (Å²) < 4.78 is 0. The van der Waals surface area contributed by atoms with Crippen molar-refractivity contribution in [1.82, 2.24) is 10.4 Å². The van der Waals surface area contributed by atoms with Gasteiger partial charge in [0.15, 0.2) is 0 Å². The summed E-state index contributed by atoms with van der Waals surface area (Å²) >= 11 is 0. The maximum absolute atomic E-state index is 10.3. The van der Waals surface area contributed by atoms with E-state index in [2.05, 4.69) is 15.8 Å². The van der Waals surface area contributed by atoms with Gasteiger partial charge in [0.2, 0.25) is 0 Å². The standard InChI is InChI=1S/C7H10N4O/c1-5-4-6(2-3-9-5)10-11-7(8)12/h2-4H,1H3,(H,9,10)(H3,8,11,12). The van der Waals surface area contributed by atoms with Crippen LogP contribution >= 0.6 is 0 Å². The molecule has 0 radical (unpaired) electrons.